The summed E-state index contributed by atoms with van der Waals surface area (Å²) in [4.78, 5) is 52.0. The van der Waals surface area contributed by atoms with Gasteiger partial charge in [0.05, 0.1) is 4.90 Å². The highest BCUT2D eigenvalue weighted by Crippen LogP contribution is 2.56. The molecule has 0 saturated heterocycles. The molecule has 5 aliphatic rings. The summed E-state index contributed by atoms with van der Waals surface area (Å²) in [6.07, 6.45) is 5.78. The molecule has 4 heterocycles. The Labute approximate surface area is 274 Å². The van der Waals surface area contributed by atoms with Crippen molar-refractivity contribution in [1.82, 2.24) is 10.2 Å². The van der Waals surface area contributed by atoms with Crippen LogP contribution in [0.15, 0.2) is 93.1 Å². The number of amides is 3. The fourth-order valence-electron chi connectivity index (χ4n) is 7.15. The Morgan fingerprint density at radius 2 is 1.73 bits per heavy atom. The van der Waals surface area contributed by atoms with E-state index < -0.39 is 60.2 Å². The van der Waals surface area contributed by atoms with Gasteiger partial charge in [0.1, 0.15) is 16.8 Å². The van der Waals surface area contributed by atoms with Crippen molar-refractivity contribution in [1.29, 1.82) is 0 Å². The van der Waals surface area contributed by atoms with Crippen LogP contribution < -0.4 is 10.2 Å². The van der Waals surface area contributed by atoms with Gasteiger partial charge in [0.2, 0.25) is 11.7 Å². The number of nitrogens with zero attached hydrogens (tertiary/aromatic N) is 2. The molecule has 7 rings (SSSR count). The first-order chi connectivity index (χ1) is 22.6. The Balaban J connectivity index is 1.35. The Morgan fingerprint density at radius 1 is 1.00 bits per heavy atom. The van der Waals surface area contributed by atoms with E-state index in [9.17, 15) is 45.1 Å². The normalized spacial score (nSPS) is 23.3. The number of nitrogens with one attached hydrogen (secondary N) is 1. The van der Waals surface area contributed by atoms with Crippen LogP contribution in [0, 0.1) is 0 Å². The van der Waals surface area contributed by atoms with E-state index in [0.717, 1.165) is 34.9 Å². The van der Waals surface area contributed by atoms with Gasteiger partial charge in [-0.1, -0.05) is 12.1 Å². The Morgan fingerprint density at radius 3 is 2.42 bits per heavy atom. The van der Waals surface area contributed by atoms with Gasteiger partial charge in [-0.3, -0.25) is 33.2 Å². The molecule has 0 fully saturated rings. The number of ether oxygens (including phenoxy) is 1. The molecule has 3 N–H and O–H groups in total. The third-order valence-electron chi connectivity index (χ3n) is 9.14. The number of hydrogen-bond donors (Lipinski definition) is 3. The molecule has 0 aromatic heterocycles. The molecule has 0 spiro atoms. The number of hydrogen-bond acceptors (Lipinski definition) is 10. The zero-order chi connectivity index (χ0) is 34.3. The average Bonchev–Trinajstić information content (AvgIpc) is 3.46. The molecule has 2 atom stereocenters. The summed E-state index contributed by atoms with van der Waals surface area (Å²) in [6.45, 7) is 2.23. The second-order valence-corrected chi connectivity index (χ2v) is 15.0. The van der Waals surface area contributed by atoms with E-state index in [0.29, 0.717) is 40.6 Å². The van der Waals surface area contributed by atoms with Crippen molar-refractivity contribution in [2.75, 3.05) is 24.5 Å². The Hall–Kier alpha value is -4.90. The Kier molecular flexibility index (Phi) is 7.14. The van der Waals surface area contributed by atoms with Crippen molar-refractivity contribution < 1.29 is 49.9 Å². The molecule has 4 aliphatic heterocycles. The topological polar surface area (TPSA) is 205 Å². The summed E-state index contributed by atoms with van der Waals surface area (Å²) in [6, 6.07) is 7.69. The first-order valence-electron chi connectivity index (χ1n) is 14.8. The maximum Gasteiger partial charge on any atom is 0.298 e. The lowest BCUT2D eigenvalue weighted by Gasteiger charge is -2.41. The van der Waals surface area contributed by atoms with Crippen LogP contribution in [0.25, 0.3) is 10.8 Å². The van der Waals surface area contributed by atoms with E-state index in [4.69, 9.17) is 4.74 Å². The number of carbonyl (C=O) groups is 4. The minimum Gasteiger partial charge on any atom is -0.485 e. The number of anilines is 1. The summed E-state index contributed by atoms with van der Waals surface area (Å²) in [5.74, 6) is -2.15. The molecule has 0 saturated carbocycles. The van der Waals surface area contributed by atoms with Gasteiger partial charge in [-0.15, -0.1) is 0 Å². The van der Waals surface area contributed by atoms with Crippen molar-refractivity contribution in [3.8, 4) is 0 Å². The SMILES string of the molecule is CC1(CC(=O)NCCN2C(=O)C=CC2=O)C2=C3C=C4C=C(S(=O)(=O)O)C(=O)C=C4OC3CCN2c2ccc3cc(S(=O)(=O)O)ccc3c21. The molecule has 248 valence electrons. The molecule has 0 bridgehead atoms. The standard InChI is InChI=1S/C32H27N3O11S2/c1-32(16-27(37)33-9-11-35-28(38)6-7-29(35)39)30-20-4-3-19(47(40,41)42)12-17(20)2-5-22(30)34-10-8-24-21(31(32)34)13-18-14-26(48(43,44)45)23(36)15-25(18)46-24/h2-7,12-15,24H,8-11,16H2,1H3,(H,33,37)(H,40,41,42)(H,43,44,45). The predicted molar refractivity (Wildman–Crippen MR) is 169 cm³/mol. The molecule has 1 aliphatic carbocycles. The summed E-state index contributed by atoms with van der Waals surface area (Å²) >= 11 is 0. The van der Waals surface area contributed by atoms with E-state index in [2.05, 4.69) is 5.32 Å². The lowest BCUT2D eigenvalue weighted by atomic mass is 9.73. The number of fused-ring (bicyclic) bond motifs is 7. The zero-order valence-corrected chi connectivity index (χ0v) is 26.8. The van der Waals surface area contributed by atoms with Crippen molar-refractivity contribution in [2.24, 2.45) is 0 Å². The van der Waals surface area contributed by atoms with Gasteiger partial charge in [-0.05, 0) is 53.6 Å². The maximum absolute atomic E-state index is 13.7. The molecule has 14 nitrogen and oxygen atoms in total. The average molecular weight is 694 g/mol. The molecule has 48 heavy (non-hydrogen) atoms. The number of benzene rings is 2. The lowest BCUT2D eigenvalue weighted by Crippen LogP contribution is -2.43. The van der Waals surface area contributed by atoms with Crippen LogP contribution in [0.4, 0.5) is 5.69 Å². The van der Waals surface area contributed by atoms with E-state index in [1.54, 1.807) is 24.3 Å². The fraction of sp³-hybridized carbons (Fsp3) is 0.250. The van der Waals surface area contributed by atoms with Crippen molar-refractivity contribution >= 4 is 60.2 Å². The highest BCUT2D eigenvalue weighted by molar-refractivity contribution is 7.90. The summed E-state index contributed by atoms with van der Waals surface area (Å²) in [5, 5.41) is 3.90. The highest BCUT2D eigenvalue weighted by atomic mass is 32.2. The summed E-state index contributed by atoms with van der Waals surface area (Å²) in [7, 11) is -9.34. The van der Waals surface area contributed by atoms with Crippen molar-refractivity contribution in [3.63, 3.8) is 0 Å². The van der Waals surface area contributed by atoms with Crippen LogP contribution >= 0.6 is 0 Å². The molecule has 2 unspecified atom stereocenters. The molecule has 2 aromatic rings. The number of carbonyl (C=O) groups excluding carboxylic acids is 4. The predicted octanol–water partition coefficient (Wildman–Crippen LogP) is 1.82. The van der Waals surface area contributed by atoms with Crippen molar-refractivity contribution in [2.45, 2.75) is 36.2 Å². The summed E-state index contributed by atoms with van der Waals surface area (Å²) < 4.78 is 73.3. The van der Waals surface area contributed by atoms with Crippen LogP contribution in [0.2, 0.25) is 0 Å². The monoisotopic (exact) mass is 693 g/mol. The van der Waals surface area contributed by atoms with E-state index >= 15 is 0 Å². The summed E-state index contributed by atoms with van der Waals surface area (Å²) in [5.41, 5.74) is 1.85. The maximum atomic E-state index is 13.7. The van der Waals surface area contributed by atoms with E-state index in [1.807, 2.05) is 11.8 Å². The fourth-order valence-corrected chi connectivity index (χ4v) is 8.26. The quantitative estimate of drug-likeness (QED) is 0.281. The molecule has 3 amide bonds. The van der Waals surface area contributed by atoms with Crippen LogP contribution in [0.5, 0.6) is 0 Å². The number of imide groups is 1. The van der Waals surface area contributed by atoms with Gasteiger partial charge in [0.25, 0.3) is 32.1 Å². The number of ketones is 1. The third kappa shape index (κ3) is 5.08. The second kappa shape index (κ2) is 10.8. The first kappa shape index (κ1) is 31.7. The van der Waals surface area contributed by atoms with Gasteiger partial charge in [0.15, 0.2) is 0 Å². The minimum atomic E-state index is -4.83. The first-order valence-corrected chi connectivity index (χ1v) is 17.7. The lowest BCUT2D eigenvalue weighted by molar-refractivity contribution is -0.137. The second-order valence-electron chi connectivity index (χ2n) is 12.1. The Bertz CT molecular complexity index is 2260. The van der Waals surface area contributed by atoms with Gasteiger partial charge in [-0.2, -0.15) is 16.8 Å². The highest BCUT2D eigenvalue weighted by Gasteiger charge is 2.51. The smallest absolute Gasteiger partial charge is 0.298 e. The zero-order valence-electron chi connectivity index (χ0n) is 25.2. The molecule has 16 heteroatoms. The van der Waals surface area contributed by atoms with Gasteiger partial charge < -0.3 is 15.0 Å². The van der Waals surface area contributed by atoms with Crippen LogP contribution in [0.3, 0.4) is 0 Å². The van der Waals surface area contributed by atoms with Crippen molar-refractivity contribution in [3.05, 3.63) is 93.8 Å². The van der Waals surface area contributed by atoms with Crippen LogP contribution in [-0.4, -0.2) is 80.1 Å². The minimum absolute atomic E-state index is 0.00895. The van der Waals surface area contributed by atoms with Crippen LogP contribution in [0.1, 0.15) is 25.3 Å². The largest absolute Gasteiger partial charge is 0.485 e. The van der Waals surface area contributed by atoms with Crippen LogP contribution in [-0.2, 0) is 49.6 Å². The molecular formula is C32H27N3O11S2. The van der Waals surface area contributed by atoms with E-state index in [-0.39, 0.29) is 35.7 Å². The number of allylic oxidation sites excluding steroid dienone is 4. The third-order valence-corrected chi connectivity index (χ3v) is 10.9. The molecular weight excluding hydrogens is 666 g/mol. The van der Waals surface area contributed by atoms with Gasteiger partial charge >= 0.3 is 0 Å². The molecule has 2 aromatic carbocycles. The number of rotatable bonds is 7. The van der Waals surface area contributed by atoms with Gasteiger partial charge in [-0.25, -0.2) is 0 Å². The molecule has 0 radical (unpaired) electrons. The van der Waals surface area contributed by atoms with E-state index in [1.165, 1.54) is 12.1 Å². The van der Waals surface area contributed by atoms with Gasteiger partial charge in [0, 0.05) is 78.6 Å².